The molecule has 6 nitrogen and oxygen atoms in total. The van der Waals surface area contributed by atoms with Gasteiger partial charge in [-0.3, -0.25) is 14.6 Å². The zero-order chi connectivity index (χ0) is 16.2. The third-order valence-corrected chi connectivity index (χ3v) is 4.88. The Morgan fingerprint density at radius 2 is 1.78 bits per heavy atom. The largest absolute Gasteiger partial charge is 0.353 e. The first-order valence-corrected chi connectivity index (χ1v) is 8.53. The summed E-state index contributed by atoms with van der Waals surface area (Å²) in [5.74, 6) is -0.282. The Morgan fingerprint density at radius 1 is 1.00 bits per heavy atom. The second-order valence-corrected chi connectivity index (χ2v) is 6.65. The van der Waals surface area contributed by atoms with Crippen molar-refractivity contribution in [1.29, 1.82) is 0 Å². The molecule has 6 heteroatoms. The maximum Gasteiger partial charge on any atom is 0.271 e. The minimum absolute atomic E-state index is 0.0923. The maximum absolute atomic E-state index is 12.5. The van der Waals surface area contributed by atoms with Crippen LogP contribution in [0.5, 0.6) is 0 Å². The van der Waals surface area contributed by atoms with Crippen LogP contribution in [0.15, 0.2) is 12.4 Å². The number of nitrogens with zero attached hydrogens (tertiary/aromatic N) is 2. The molecule has 0 radical (unpaired) electrons. The van der Waals surface area contributed by atoms with E-state index >= 15 is 0 Å². The fourth-order valence-corrected chi connectivity index (χ4v) is 3.58. The van der Waals surface area contributed by atoms with E-state index in [0.717, 1.165) is 37.8 Å². The average molecular weight is 316 g/mol. The lowest BCUT2D eigenvalue weighted by molar-refractivity contribution is -0.126. The van der Waals surface area contributed by atoms with Gasteiger partial charge in [-0.1, -0.05) is 19.3 Å². The van der Waals surface area contributed by atoms with E-state index in [1.165, 1.54) is 19.0 Å². The summed E-state index contributed by atoms with van der Waals surface area (Å²) >= 11 is 0. The van der Waals surface area contributed by atoms with Gasteiger partial charge in [0, 0.05) is 18.3 Å². The zero-order valence-corrected chi connectivity index (χ0v) is 13.5. The summed E-state index contributed by atoms with van der Waals surface area (Å²) in [7, 11) is 0. The number of carbonyl (C=O) groups excluding carboxylic acids is 2. The number of hydrogen-bond donors (Lipinski definition) is 2. The van der Waals surface area contributed by atoms with Crippen molar-refractivity contribution >= 4 is 11.8 Å². The van der Waals surface area contributed by atoms with Crippen molar-refractivity contribution in [2.75, 3.05) is 0 Å². The van der Waals surface area contributed by atoms with Gasteiger partial charge in [0.2, 0.25) is 5.91 Å². The normalized spacial score (nSPS) is 24.6. The van der Waals surface area contributed by atoms with Gasteiger partial charge in [0.05, 0.1) is 17.8 Å². The number of rotatable bonds is 4. The van der Waals surface area contributed by atoms with Gasteiger partial charge in [-0.05, 0) is 32.6 Å². The number of aromatic nitrogens is 2. The molecule has 2 aliphatic carbocycles. The summed E-state index contributed by atoms with van der Waals surface area (Å²) in [4.78, 5) is 33.0. The van der Waals surface area contributed by atoms with E-state index in [-0.39, 0.29) is 23.8 Å². The van der Waals surface area contributed by atoms with E-state index in [2.05, 4.69) is 20.6 Å². The van der Waals surface area contributed by atoms with Crippen molar-refractivity contribution in [3.05, 3.63) is 23.8 Å². The minimum atomic E-state index is -0.247. The Balaban J connectivity index is 1.58. The topological polar surface area (TPSA) is 84.0 Å². The summed E-state index contributed by atoms with van der Waals surface area (Å²) in [6.07, 6.45) is 10.2. The Labute approximate surface area is 136 Å². The molecule has 3 rings (SSSR count). The van der Waals surface area contributed by atoms with Crippen LogP contribution in [0.2, 0.25) is 0 Å². The first kappa shape index (κ1) is 15.9. The lowest BCUT2D eigenvalue weighted by Gasteiger charge is -2.22. The molecule has 2 unspecified atom stereocenters. The highest BCUT2D eigenvalue weighted by Gasteiger charge is 2.35. The molecule has 0 aromatic carbocycles. The highest BCUT2D eigenvalue weighted by atomic mass is 16.2. The van der Waals surface area contributed by atoms with E-state index in [1.54, 1.807) is 6.20 Å². The molecule has 1 aromatic rings. The van der Waals surface area contributed by atoms with Gasteiger partial charge in [-0.25, -0.2) is 4.98 Å². The molecule has 23 heavy (non-hydrogen) atoms. The second kappa shape index (κ2) is 7.06. The van der Waals surface area contributed by atoms with Crippen LogP contribution in [0.1, 0.15) is 61.1 Å². The molecule has 0 spiro atoms. The summed E-state index contributed by atoms with van der Waals surface area (Å²) in [5.41, 5.74) is 1.08. The van der Waals surface area contributed by atoms with Gasteiger partial charge in [-0.2, -0.15) is 0 Å². The number of nitrogens with one attached hydrogen (secondary N) is 2. The number of hydrogen-bond acceptors (Lipinski definition) is 4. The van der Waals surface area contributed by atoms with Crippen molar-refractivity contribution in [2.45, 2.75) is 64.0 Å². The van der Waals surface area contributed by atoms with Crippen LogP contribution in [-0.2, 0) is 4.79 Å². The predicted molar refractivity (Wildman–Crippen MR) is 85.8 cm³/mol. The lowest BCUT2D eigenvalue weighted by atomic mass is 10.0. The van der Waals surface area contributed by atoms with Crippen LogP contribution < -0.4 is 10.6 Å². The Morgan fingerprint density at radius 3 is 2.48 bits per heavy atom. The summed E-state index contributed by atoms with van der Waals surface area (Å²) < 4.78 is 0. The van der Waals surface area contributed by atoms with Crippen molar-refractivity contribution in [3.8, 4) is 0 Å². The van der Waals surface area contributed by atoms with Gasteiger partial charge in [-0.15, -0.1) is 0 Å². The minimum Gasteiger partial charge on any atom is -0.353 e. The highest BCUT2D eigenvalue weighted by molar-refractivity contribution is 5.92. The van der Waals surface area contributed by atoms with E-state index in [0.29, 0.717) is 11.7 Å². The predicted octanol–water partition coefficient (Wildman–Crippen LogP) is 1.74. The molecule has 2 atom stereocenters. The monoisotopic (exact) mass is 316 g/mol. The SMILES string of the molecule is Cc1cnc(C(=O)NC2CCCC2C(=O)NC2CCCC2)cn1. The lowest BCUT2D eigenvalue weighted by Crippen LogP contribution is -2.46. The molecule has 124 valence electrons. The van der Waals surface area contributed by atoms with Gasteiger partial charge in [0.15, 0.2) is 0 Å². The maximum atomic E-state index is 12.5. The molecule has 2 N–H and O–H groups in total. The second-order valence-electron chi connectivity index (χ2n) is 6.65. The molecule has 2 saturated carbocycles. The van der Waals surface area contributed by atoms with Crippen LogP contribution in [0.4, 0.5) is 0 Å². The summed E-state index contributed by atoms with van der Waals surface area (Å²) in [5, 5.41) is 6.12. The van der Waals surface area contributed by atoms with Crippen LogP contribution >= 0.6 is 0 Å². The van der Waals surface area contributed by atoms with Crippen molar-refractivity contribution in [2.24, 2.45) is 5.92 Å². The molecule has 2 amide bonds. The Bertz CT molecular complexity index is 566. The molecule has 0 saturated heterocycles. The zero-order valence-electron chi connectivity index (χ0n) is 13.5. The van der Waals surface area contributed by atoms with E-state index in [1.807, 2.05) is 6.92 Å². The Kier molecular flexibility index (Phi) is 4.88. The summed E-state index contributed by atoms with van der Waals surface area (Å²) in [6.45, 7) is 1.83. The van der Waals surface area contributed by atoms with E-state index in [9.17, 15) is 9.59 Å². The highest BCUT2D eigenvalue weighted by Crippen LogP contribution is 2.27. The fraction of sp³-hybridized carbons (Fsp3) is 0.647. The summed E-state index contributed by atoms with van der Waals surface area (Å²) in [6, 6.07) is 0.217. The van der Waals surface area contributed by atoms with Crippen LogP contribution in [0, 0.1) is 12.8 Å². The molecule has 2 aliphatic rings. The number of aryl methyl sites for hydroxylation is 1. The third-order valence-electron chi connectivity index (χ3n) is 4.88. The van der Waals surface area contributed by atoms with Gasteiger partial charge < -0.3 is 10.6 Å². The van der Waals surface area contributed by atoms with E-state index in [4.69, 9.17) is 0 Å². The standard InChI is InChI=1S/C17H24N4O2/c1-11-9-19-15(10-18-11)17(23)21-14-8-4-7-13(14)16(22)20-12-5-2-3-6-12/h9-10,12-14H,2-8H2,1H3,(H,20,22)(H,21,23). The van der Waals surface area contributed by atoms with E-state index < -0.39 is 0 Å². The molecule has 2 fully saturated rings. The molecule has 1 aromatic heterocycles. The molecule has 1 heterocycles. The molecule has 0 bridgehead atoms. The van der Waals surface area contributed by atoms with Gasteiger partial charge in [0.1, 0.15) is 5.69 Å². The molecular formula is C17H24N4O2. The van der Waals surface area contributed by atoms with Crippen molar-refractivity contribution < 1.29 is 9.59 Å². The Hall–Kier alpha value is -1.98. The quantitative estimate of drug-likeness (QED) is 0.886. The molecule has 0 aliphatic heterocycles. The van der Waals surface area contributed by atoms with Crippen molar-refractivity contribution in [3.63, 3.8) is 0 Å². The smallest absolute Gasteiger partial charge is 0.271 e. The fourth-order valence-electron chi connectivity index (χ4n) is 3.58. The number of amides is 2. The first-order chi connectivity index (χ1) is 11.1. The van der Waals surface area contributed by atoms with Crippen LogP contribution in [0.3, 0.4) is 0 Å². The first-order valence-electron chi connectivity index (χ1n) is 8.53. The van der Waals surface area contributed by atoms with Gasteiger partial charge >= 0.3 is 0 Å². The number of carbonyl (C=O) groups is 2. The van der Waals surface area contributed by atoms with Crippen molar-refractivity contribution in [1.82, 2.24) is 20.6 Å². The van der Waals surface area contributed by atoms with Crippen LogP contribution in [-0.4, -0.2) is 33.9 Å². The average Bonchev–Trinajstić information content (AvgIpc) is 3.19. The molecular weight excluding hydrogens is 292 g/mol. The third kappa shape index (κ3) is 3.86. The van der Waals surface area contributed by atoms with Crippen LogP contribution in [0.25, 0.3) is 0 Å². The van der Waals surface area contributed by atoms with Gasteiger partial charge in [0.25, 0.3) is 5.91 Å².